The van der Waals surface area contributed by atoms with Crippen molar-refractivity contribution >= 4 is 56.5 Å². The molecule has 1 aliphatic heterocycles. The number of nitrogens with one attached hydrogen (secondary N) is 1. The Morgan fingerprint density at radius 1 is 1.21 bits per heavy atom. The molecule has 0 fully saturated rings. The number of amides is 1. The normalized spacial score (nSPS) is 12.7. The maximum Gasteiger partial charge on any atom is 0.348 e. The van der Waals surface area contributed by atoms with E-state index in [1.54, 1.807) is 35.0 Å². The van der Waals surface area contributed by atoms with Gasteiger partial charge in [-0.15, -0.1) is 11.3 Å². The number of carbonyl (C=O) groups is 3. The van der Waals surface area contributed by atoms with Crippen molar-refractivity contribution in [1.29, 1.82) is 0 Å². The van der Waals surface area contributed by atoms with Crippen LogP contribution in [-0.2, 0) is 9.53 Å². The van der Waals surface area contributed by atoms with E-state index < -0.39 is 18.4 Å². The number of aromatic nitrogens is 2. The molecule has 4 aromatic rings. The minimum absolute atomic E-state index is 0.0671. The van der Waals surface area contributed by atoms with Crippen molar-refractivity contribution in [3.05, 3.63) is 69.7 Å². The van der Waals surface area contributed by atoms with Gasteiger partial charge in [0, 0.05) is 16.0 Å². The predicted octanol–water partition coefficient (Wildman–Crippen LogP) is 4.42. The molecular formula is C23H16ClN3O5S. The fraction of sp³-hybridized carbons (Fsp3) is 0.130. The molecule has 0 radical (unpaired) electrons. The van der Waals surface area contributed by atoms with Gasteiger partial charge in [0.1, 0.15) is 15.5 Å². The summed E-state index contributed by atoms with van der Waals surface area (Å²) in [6, 6.07) is 13.6. The molecule has 5 rings (SSSR count). The Bertz CT molecular complexity index is 1420. The molecule has 1 N–H and O–H groups in total. The van der Waals surface area contributed by atoms with Crippen LogP contribution in [0, 0.1) is 6.92 Å². The SMILES string of the molecule is Cc1nn(-c2ccc(Cl)cc2)c2sc(C(=O)OCC(=O)c3ccc4c(c3)NC(=O)CO4)cc12. The number of benzene rings is 2. The van der Waals surface area contributed by atoms with E-state index in [9.17, 15) is 14.4 Å². The van der Waals surface area contributed by atoms with Crippen molar-refractivity contribution in [2.24, 2.45) is 0 Å². The smallest absolute Gasteiger partial charge is 0.348 e. The molecule has 0 bridgehead atoms. The summed E-state index contributed by atoms with van der Waals surface area (Å²) in [5.41, 5.74) is 2.30. The van der Waals surface area contributed by atoms with Gasteiger partial charge in [0.2, 0.25) is 0 Å². The minimum Gasteiger partial charge on any atom is -0.482 e. The Morgan fingerprint density at radius 2 is 2.00 bits per heavy atom. The minimum atomic E-state index is -0.596. The molecule has 10 heteroatoms. The summed E-state index contributed by atoms with van der Waals surface area (Å²) >= 11 is 7.21. The van der Waals surface area contributed by atoms with Gasteiger partial charge < -0.3 is 14.8 Å². The van der Waals surface area contributed by atoms with Crippen LogP contribution < -0.4 is 10.1 Å². The van der Waals surface area contributed by atoms with Gasteiger partial charge in [-0.25, -0.2) is 9.48 Å². The molecule has 0 spiro atoms. The zero-order valence-corrected chi connectivity index (χ0v) is 18.8. The molecule has 0 aliphatic carbocycles. The second-order valence-electron chi connectivity index (χ2n) is 7.35. The zero-order valence-electron chi connectivity index (χ0n) is 17.3. The van der Waals surface area contributed by atoms with Crippen LogP contribution in [0.2, 0.25) is 5.02 Å². The second-order valence-corrected chi connectivity index (χ2v) is 8.82. The summed E-state index contributed by atoms with van der Waals surface area (Å²) in [6.07, 6.45) is 0. The van der Waals surface area contributed by atoms with E-state index in [1.807, 2.05) is 19.1 Å². The number of aryl methyl sites for hydroxylation is 1. The van der Waals surface area contributed by atoms with E-state index in [-0.39, 0.29) is 12.5 Å². The van der Waals surface area contributed by atoms with Gasteiger partial charge in [0.15, 0.2) is 19.0 Å². The largest absolute Gasteiger partial charge is 0.482 e. The number of halogens is 1. The Hall–Kier alpha value is -3.69. The van der Waals surface area contributed by atoms with E-state index in [0.29, 0.717) is 26.9 Å². The zero-order chi connectivity index (χ0) is 23.1. The number of esters is 1. The van der Waals surface area contributed by atoms with Gasteiger partial charge in [-0.3, -0.25) is 9.59 Å². The number of Topliss-reactive ketones (excluding diaryl/α,β-unsaturated/α-hetero) is 1. The number of hydrogen-bond acceptors (Lipinski definition) is 7. The lowest BCUT2D eigenvalue weighted by Crippen LogP contribution is -2.25. The highest BCUT2D eigenvalue weighted by molar-refractivity contribution is 7.20. The van der Waals surface area contributed by atoms with Crippen molar-refractivity contribution < 1.29 is 23.9 Å². The first-order valence-corrected chi connectivity index (χ1v) is 11.1. The molecule has 0 saturated carbocycles. The highest BCUT2D eigenvalue weighted by atomic mass is 35.5. The van der Waals surface area contributed by atoms with Crippen LogP contribution in [-0.4, -0.2) is 40.7 Å². The monoisotopic (exact) mass is 481 g/mol. The molecule has 3 heterocycles. The third-order valence-corrected chi connectivity index (χ3v) is 6.43. The number of carbonyl (C=O) groups excluding carboxylic acids is 3. The van der Waals surface area contributed by atoms with E-state index in [2.05, 4.69) is 10.4 Å². The first kappa shape index (κ1) is 21.2. The quantitative estimate of drug-likeness (QED) is 0.334. The van der Waals surface area contributed by atoms with Crippen LogP contribution >= 0.6 is 22.9 Å². The Labute approximate surface area is 196 Å². The Balaban J connectivity index is 1.32. The van der Waals surface area contributed by atoms with Crippen molar-refractivity contribution in [3.8, 4) is 11.4 Å². The third kappa shape index (κ3) is 4.08. The van der Waals surface area contributed by atoms with Gasteiger partial charge in [-0.05, 0) is 55.5 Å². The predicted molar refractivity (Wildman–Crippen MR) is 124 cm³/mol. The second kappa shape index (κ2) is 8.34. The van der Waals surface area contributed by atoms with Gasteiger partial charge in [0.25, 0.3) is 5.91 Å². The number of nitrogens with zero attached hydrogens (tertiary/aromatic N) is 2. The van der Waals surface area contributed by atoms with Gasteiger partial charge in [0.05, 0.1) is 17.1 Å². The maximum atomic E-state index is 12.6. The fourth-order valence-electron chi connectivity index (χ4n) is 3.45. The number of ketones is 1. The van der Waals surface area contributed by atoms with Crippen LogP contribution in [0.3, 0.4) is 0 Å². The van der Waals surface area contributed by atoms with Gasteiger partial charge >= 0.3 is 5.97 Å². The molecule has 0 atom stereocenters. The maximum absolute atomic E-state index is 12.6. The highest BCUT2D eigenvalue weighted by Crippen LogP contribution is 2.31. The number of hydrogen-bond donors (Lipinski definition) is 1. The number of rotatable bonds is 5. The highest BCUT2D eigenvalue weighted by Gasteiger charge is 2.21. The number of thiophene rings is 1. The molecular weight excluding hydrogens is 466 g/mol. The topological polar surface area (TPSA) is 99.5 Å². The average Bonchev–Trinajstić information content (AvgIpc) is 3.38. The fourth-order valence-corrected chi connectivity index (χ4v) is 4.65. The standard InChI is InChI=1S/C23H16ClN3O5S/c1-12-16-9-20(33-22(16)27(26-12)15-5-3-14(24)4-6-15)23(30)32-10-18(28)13-2-7-19-17(8-13)25-21(29)11-31-19/h2-9H,10-11H2,1H3,(H,25,29). The van der Waals surface area contributed by atoms with Crippen LogP contribution in [0.5, 0.6) is 5.75 Å². The first-order chi connectivity index (χ1) is 15.9. The van der Waals surface area contributed by atoms with E-state index in [4.69, 9.17) is 21.1 Å². The summed E-state index contributed by atoms with van der Waals surface area (Å²) in [7, 11) is 0. The average molecular weight is 482 g/mol. The van der Waals surface area contributed by atoms with Crippen LogP contribution in [0.1, 0.15) is 25.7 Å². The lowest BCUT2D eigenvalue weighted by molar-refractivity contribution is -0.118. The van der Waals surface area contributed by atoms with E-state index in [0.717, 1.165) is 21.6 Å². The molecule has 33 heavy (non-hydrogen) atoms. The van der Waals surface area contributed by atoms with Crippen molar-refractivity contribution in [2.45, 2.75) is 6.92 Å². The van der Waals surface area contributed by atoms with Crippen LogP contribution in [0.25, 0.3) is 15.9 Å². The van der Waals surface area contributed by atoms with Crippen molar-refractivity contribution in [2.75, 3.05) is 18.5 Å². The molecule has 166 valence electrons. The summed E-state index contributed by atoms with van der Waals surface area (Å²) in [5.74, 6) is -0.800. The van der Waals surface area contributed by atoms with Crippen LogP contribution in [0.15, 0.2) is 48.5 Å². The van der Waals surface area contributed by atoms with Gasteiger partial charge in [-0.1, -0.05) is 11.6 Å². The number of ether oxygens (including phenoxy) is 2. The Morgan fingerprint density at radius 3 is 2.79 bits per heavy atom. The van der Waals surface area contributed by atoms with E-state index in [1.165, 1.54) is 17.4 Å². The molecule has 1 amide bonds. The molecule has 0 unspecified atom stereocenters. The summed E-state index contributed by atoms with van der Waals surface area (Å²) in [6.45, 7) is 1.37. The van der Waals surface area contributed by atoms with E-state index >= 15 is 0 Å². The lowest BCUT2D eigenvalue weighted by atomic mass is 10.1. The summed E-state index contributed by atoms with van der Waals surface area (Å²) in [5, 5.41) is 8.64. The van der Waals surface area contributed by atoms with Crippen LogP contribution in [0.4, 0.5) is 5.69 Å². The first-order valence-electron chi connectivity index (χ1n) is 9.91. The van der Waals surface area contributed by atoms with Crippen molar-refractivity contribution in [3.63, 3.8) is 0 Å². The molecule has 0 saturated heterocycles. The molecule has 2 aromatic heterocycles. The Kier molecular flexibility index (Phi) is 5.35. The summed E-state index contributed by atoms with van der Waals surface area (Å²) in [4.78, 5) is 37.8. The third-order valence-electron chi connectivity index (χ3n) is 5.09. The lowest BCUT2D eigenvalue weighted by Gasteiger charge is -2.18. The molecule has 2 aromatic carbocycles. The summed E-state index contributed by atoms with van der Waals surface area (Å²) < 4.78 is 12.3. The molecule has 8 nitrogen and oxygen atoms in total. The van der Waals surface area contributed by atoms with Gasteiger partial charge in [-0.2, -0.15) is 5.10 Å². The number of fused-ring (bicyclic) bond motifs is 2. The molecule has 1 aliphatic rings. The van der Waals surface area contributed by atoms with Crippen molar-refractivity contribution in [1.82, 2.24) is 9.78 Å². The number of anilines is 1.